The van der Waals surface area contributed by atoms with Crippen LogP contribution >= 0.6 is 0 Å². The Balaban J connectivity index is 1.51. The zero-order valence-corrected chi connectivity index (χ0v) is 18.4. The number of nitrogens with one attached hydrogen (secondary N) is 2. The second-order valence-corrected chi connectivity index (χ2v) is 8.62. The summed E-state index contributed by atoms with van der Waals surface area (Å²) in [6.45, 7) is 7.52. The molecule has 0 spiro atoms. The van der Waals surface area contributed by atoms with Crippen LogP contribution in [0.5, 0.6) is 0 Å². The Morgan fingerprint density at radius 1 is 1.27 bits per heavy atom. The lowest BCUT2D eigenvalue weighted by molar-refractivity contribution is -0.154. The van der Waals surface area contributed by atoms with Gasteiger partial charge in [-0.15, -0.1) is 10.2 Å². The monoisotopic (exact) mass is 421 g/mol. The number of hydrogen-bond donors (Lipinski definition) is 2. The number of aromatic amines is 1. The molecule has 0 unspecified atom stereocenters. The summed E-state index contributed by atoms with van der Waals surface area (Å²) in [4.78, 5) is 26.8. The molecule has 1 saturated carbocycles. The Kier molecular flexibility index (Phi) is 7.66. The lowest BCUT2D eigenvalue weighted by Gasteiger charge is -2.42. The van der Waals surface area contributed by atoms with E-state index in [-0.39, 0.29) is 12.3 Å². The summed E-state index contributed by atoms with van der Waals surface area (Å²) >= 11 is 0. The smallest absolute Gasteiger partial charge is 0.323 e. The molecule has 0 bridgehead atoms. The highest BCUT2D eigenvalue weighted by molar-refractivity contribution is 5.79. The molecular formula is C21H36N6O3. The van der Waals surface area contributed by atoms with Gasteiger partial charge in [-0.1, -0.05) is 11.6 Å². The molecule has 9 heteroatoms. The Morgan fingerprint density at radius 3 is 2.77 bits per heavy atom. The summed E-state index contributed by atoms with van der Waals surface area (Å²) in [6.07, 6.45) is 5.11. The van der Waals surface area contributed by atoms with Gasteiger partial charge in [0.1, 0.15) is 12.1 Å². The highest BCUT2D eigenvalue weighted by Crippen LogP contribution is 2.40. The van der Waals surface area contributed by atoms with Crippen molar-refractivity contribution in [1.82, 2.24) is 30.8 Å². The first-order valence-electron chi connectivity index (χ1n) is 11.8. The molecule has 1 aliphatic carbocycles. The topological polar surface area (TPSA) is 113 Å². The van der Waals surface area contributed by atoms with Gasteiger partial charge in [0.2, 0.25) is 5.91 Å². The zero-order chi connectivity index (χ0) is 22.4. The summed E-state index contributed by atoms with van der Waals surface area (Å²) < 4.78 is 14.3. The molecule has 0 radical (unpaired) electrons. The third-order valence-corrected chi connectivity index (χ3v) is 6.59. The number of hydrogen-bond acceptors (Lipinski definition) is 7. The molecule has 9 nitrogen and oxygen atoms in total. The van der Waals surface area contributed by atoms with E-state index in [1.807, 2.05) is 13.8 Å². The molecule has 2 fully saturated rings. The first-order chi connectivity index (χ1) is 14.8. The number of carbonyl (C=O) groups excluding carboxylic acids is 2. The Morgan fingerprint density at radius 2 is 2.07 bits per heavy atom. The standard InChI is InChI=1S/C21H36N6O3/c1-4-27(5-2)20(28)10-14(3)30-21(29)18-12-17-11-15(6-8-16(17)13-22-18)7-9-19-23-25-26-24-19/h14-18,22H,4-13H2,1-3H3,(H,23,24,25,26)/t14-,15+,16-,17+,18-/m0/s1/i18D. The maximum atomic E-state index is 12.8. The lowest BCUT2D eigenvalue weighted by atomic mass is 9.69. The van der Waals surface area contributed by atoms with Crippen LogP contribution in [0.15, 0.2) is 0 Å². The van der Waals surface area contributed by atoms with E-state index in [2.05, 4.69) is 25.9 Å². The van der Waals surface area contributed by atoms with Gasteiger partial charge in [0.25, 0.3) is 0 Å². The number of piperidine rings is 1. The molecule has 30 heavy (non-hydrogen) atoms. The van der Waals surface area contributed by atoms with Gasteiger partial charge >= 0.3 is 5.97 Å². The van der Waals surface area contributed by atoms with Crippen molar-refractivity contribution in [2.45, 2.75) is 77.8 Å². The average molecular weight is 422 g/mol. The van der Waals surface area contributed by atoms with Gasteiger partial charge < -0.3 is 15.0 Å². The molecule has 1 aliphatic heterocycles. The van der Waals surface area contributed by atoms with Crippen LogP contribution in [0.25, 0.3) is 0 Å². The van der Waals surface area contributed by atoms with Gasteiger partial charge in [0.15, 0.2) is 5.82 Å². The van der Waals surface area contributed by atoms with E-state index >= 15 is 0 Å². The number of aryl methyl sites for hydroxylation is 1. The van der Waals surface area contributed by atoms with E-state index in [9.17, 15) is 9.59 Å². The molecule has 1 aromatic rings. The molecule has 168 valence electrons. The highest BCUT2D eigenvalue weighted by Gasteiger charge is 2.38. The molecular weight excluding hydrogens is 384 g/mol. The van der Waals surface area contributed by atoms with E-state index in [4.69, 9.17) is 6.11 Å². The van der Waals surface area contributed by atoms with E-state index in [1.54, 1.807) is 11.8 Å². The van der Waals surface area contributed by atoms with Gasteiger partial charge in [-0.25, -0.2) is 0 Å². The molecule has 1 aromatic heterocycles. The van der Waals surface area contributed by atoms with Crippen LogP contribution in [0.2, 0.25) is 0 Å². The first kappa shape index (κ1) is 21.2. The Hall–Kier alpha value is -2.03. The van der Waals surface area contributed by atoms with Crippen molar-refractivity contribution in [2.75, 3.05) is 19.6 Å². The Labute approximate surface area is 180 Å². The second kappa shape index (κ2) is 10.8. The van der Waals surface area contributed by atoms with Crippen LogP contribution < -0.4 is 5.32 Å². The van der Waals surface area contributed by atoms with Crippen molar-refractivity contribution < 1.29 is 15.7 Å². The van der Waals surface area contributed by atoms with Crippen molar-refractivity contribution in [3.8, 4) is 0 Å². The number of ether oxygens (including phenoxy) is 1. The van der Waals surface area contributed by atoms with E-state index in [1.165, 1.54) is 0 Å². The van der Waals surface area contributed by atoms with Gasteiger partial charge in [0, 0.05) is 19.5 Å². The minimum atomic E-state index is -1.44. The number of nitrogens with zero attached hydrogens (tertiary/aromatic N) is 4. The molecule has 0 aromatic carbocycles. The number of carbonyl (C=O) groups is 2. The molecule has 2 aliphatic rings. The Bertz CT molecular complexity index is 729. The number of rotatable bonds is 9. The largest absolute Gasteiger partial charge is 0.461 e. The van der Waals surface area contributed by atoms with Crippen LogP contribution in [0, 0.1) is 17.8 Å². The summed E-state index contributed by atoms with van der Waals surface area (Å²) in [5.74, 6) is 1.50. The van der Waals surface area contributed by atoms with Crippen molar-refractivity contribution >= 4 is 11.9 Å². The molecule has 2 N–H and O–H groups in total. The van der Waals surface area contributed by atoms with E-state index in [0.717, 1.165) is 37.9 Å². The van der Waals surface area contributed by atoms with Gasteiger partial charge in [-0.2, -0.15) is 5.21 Å². The quantitative estimate of drug-likeness (QED) is 0.584. The second-order valence-electron chi connectivity index (χ2n) is 8.62. The van der Waals surface area contributed by atoms with Crippen molar-refractivity contribution in [2.24, 2.45) is 17.8 Å². The number of esters is 1. The van der Waals surface area contributed by atoms with Crippen LogP contribution in [-0.4, -0.2) is 69.2 Å². The van der Waals surface area contributed by atoms with Gasteiger partial charge in [-0.05, 0) is 70.8 Å². The predicted molar refractivity (Wildman–Crippen MR) is 111 cm³/mol. The number of aromatic nitrogens is 4. The number of H-pyrrole nitrogens is 1. The fraction of sp³-hybridized carbons (Fsp3) is 0.857. The van der Waals surface area contributed by atoms with E-state index in [0.29, 0.717) is 43.8 Å². The van der Waals surface area contributed by atoms with Crippen molar-refractivity contribution in [3.63, 3.8) is 0 Å². The van der Waals surface area contributed by atoms with Crippen LogP contribution in [-0.2, 0) is 20.7 Å². The normalized spacial score (nSPS) is 30.1. The summed E-state index contributed by atoms with van der Waals surface area (Å²) in [6, 6.07) is -1.44. The minimum absolute atomic E-state index is 0.0299. The highest BCUT2D eigenvalue weighted by atomic mass is 16.5. The fourth-order valence-electron chi connectivity index (χ4n) is 4.82. The average Bonchev–Trinajstić information content (AvgIpc) is 3.26. The molecule has 2 heterocycles. The molecule has 5 atom stereocenters. The van der Waals surface area contributed by atoms with Crippen molar-refractivity contribution in [3.05, 3.63) is 5.82 Å². The van der Waals surface area contributed by atoms with Crippen molar-refractivity contribution in [1.29, 1.82) is 0 Å². The van der Waals surface area contributed by atoms with Crippen LogP contribution in [0.3, 0.4) is 0 Å². The summed E-state index contributed by atoms with van der Waals surface area (Å²) in [5.41, 5.74) is 0. The summed E-state index contributed by atoms with van der Waals surface area (Å²) in [7, 11) is 0. The maximum Gasteiger partial charge on any atom is 0.323 e. The zero-order valence-electron chi connectivity index (χ0n) is 19.4. The third kappa shape index (κ3) is 6.00. The predicted octanol–water partition coefficient (Wildman–Crippen LogP) is 1.72. The van der Waals surface area contributed by atoms with Crippen LogP contribution in [0.1, 0.15) is 66.5 Å². The molecule has 1 amide bonds. The molecule has 3 rings (SSSR count). The van der Waals surface area contributed by atoms with Crippen LogP contribution in [0.4, 0.5) is 0 Å². The lowest BCUT2D eigenvalue weighted by Crippen LogP contribution is -2.50. The number of fused-ring (bicyclic) bond motifs is 1. The SMILES string of the molecule is [2H][C@@]1(C(=O)O[C@@H](C)CC(=O)N(CC)CC)C[C@H]2C[C@@H](CCc3nn[nH]n3)CC[C@H]2CN1. The first-order valence-corrected chi connectivity index (χ1v) is 11.3. The van der Waals surface area contributed by atoms with Gasteiger partial charge in [0.05, 0.1) is 7.79 Å². The molecule has 1 saturated heterocycles. The van der Waals surface area contributed by atoms with E-state index < -0.39 is 18.1 Å². The minimum Gasteiger partial charge on any atom is -0.461 e. The third-order valence-electron chi connectivity index (χ3n) is 6.59. The summed E-state index contributed by atoms with van der Waals surface area (Å²) in [5, 5.41) is 17.3. The van der Waals surface area contributed by atoms with Gasteiger partial charge in [-0.3, -0.25) is 9.59 Å². The fourth-order valence-corrected chi connectivity index (χ4v) is 4.82. The number of tetrazole rings is 1. The maximum absolute atomic E-state index is 12.8. The number of amides is 1.